The van der Waals surface area contributed by atoms with Crippen LogP contribution >= 0.6 is 0 Å². The van der Waals surface area contributed by atoms with Crippen LogP contribution < -0.4 is 0 Å². The van der Waals surface area contributed by atoms with E-state index in [1.165, 1.54) is 5.56 Å². The summed E-state index contributed by atoms with van der Waals surface area (Å²) in [6.45, 7) is 3.24. The molecule has 2 aliphatic heterocycles. The van der Waals surface area contributed by atoms with Crippen LogP contribution in [0.3, 0.4) is 0 Å². The molecule has 3 heteroatoms. The lowest BCUT2D eigenvalue weighted by Crippen LogP contribution is -2.32. The number of likely N-dealkylation sites (tertiary alicyclic amines) is 1. The zero-order valence-electron chi connectivity index (χ0n) is 15.5. The Morgan fingerprint density at radius 1 is 0.963 bits per heavy atom. The van der Waals surface area contributed by atoms with E-state index in [-0.39, 0.29) is 5.91 Å². The Bertz CT molecular complexity index is 1010. The SMILES string of the molecule is O=C1C(=CC2CCN(Cc3ccccc3)CC2)Cc2cc3ccccc3n21. The number of hydrogen-bond acceptors (Lipinski definition) is 2. The molecule has 1 saturated heterocycles. The molecule has 0 N–H and O–H groups in total. The second-order valence-electron chi connectivity index (χ2n) is 7.80. The molecule has 1 fully saturated rings. The number of nitrogens with zero attached hydrogens (tertiary/aromatic N) is 2. The number of rotatable bonds is 3. The van der Waals surface area contributed by atoms with Gasteiger partial charge in [-0.15, -0.1) is 0 Å². The maximum absolute atomic E-state index is 12.9. The molecule has 0 bridgehead atoms. The normalized spacial score (nSPS) is 19.9. The number of para-hydroxylation sites is 1. The van der Waals surface area contributed by atoms with Crippen molar-refractivity contribution in [3.8, 4) is 0 Å². The van der Waals surface area contributed by atoms with Gasteiger partial charge in [0.2, 0.25) is 0 Å². The van der Waals surface area contributed by atoms with Gasteiger partial charge in [-0.3, -0.25) is 14.3 Å². The lowest BCUT2D eigenvalue weighted by atomic mass is 9.93. The largest absolute Gasteiger partial charge is 0.299 e. The Hall–Kier alpha value is -2.65. The monoisotopic (exact) mass is 356 g/mol. The van der Waals surface area contributed by atoms with Gasteiger partial charge >= 0.3 is 0 Å². The van der Waals surface area contributed by atoms with E-state index in [0.717, 1.165) is 61.1 Å². The van der Waals surface area contributed by atoms with Crippen molar-refractivity contribution >= 4 is 16.8 Å². The Balaban J connectivity index is 1.26. The molecule has 2 aromatic carbocycles. The highest BCUT2D eigenvalue weighted by Gasteiger charge is 2.28. The molecule has 3 nitrogen and oxygen atoms in total. The van der Waals surface area contributed by atoms with E-state index in [2.05, 4.69) is 53.4 Å². The first-order valence-electron chi connectivity index (χ1n) is 9.89. The number of benzene rings is 2. The standard InChI is InChI=1S/C24H24N2O/c27-24-21(16-22-15-20-8-4-5-9-23(20)26(22)24)14-18-10-12-25(13-11-18)17-19-6-2-1-3-7-19/h1-9,14-15,18H,10-13,16-17H2. The van der Waals surface area contributed by atoms with Gasteiger partial charge in [-0.2, -0.15) is 0 Å². The zero-order valence-corrected chi connectivity index (χ0v) is 15.5. The van der Waals surface area contributed by atoms with Gasteiger partial charge in [0.05, 0.1) is 5.52 Å². The van der Waals surface area contributed by atoms with Crippen molar-refractivity contribution in [1.82, 2.24) is 9.47 Å². The van der Waals surface area contributed by atoms with E-state index in [1.807, 2.05) is 22.8 Å². The van der Waals surface area contributed by atoms with Crippen LogP contribution in [0.15, 0.2) is 72.3 Å². The maximum Gasteiger partial charge on any atom is 0.258 e. The van der Waals surface area contributed by atoms with Crippen LogP contribution in [0, 0.1) is 5.92 Å². The van der Waals surface area contributed by atoms with E-state index in [0.29, 0.717) is 5.92 Å². The average Bonchev–Trinajstić information content (AvgIpc) is 3.21. The van der Waals surface area contributed by atoms with Gasteiger partial charge in [-0.05, 0) is 49.5 Å². The van der Waals surface area contributed by atoms with Crippen molar-refractivity contribution < 1.29 is 4.79 Å². The third-order valence-electron chi connectivity index (χ3n) is 5.95. The molecule has 0 spiro atoms. The molecule has 0 atom stereocenters. The Labute approximate surface area is 159 Å². The highest BCUT2D eigenvalue weighted by atomic mass is 16.2. The predicted octanol–water partition coefficient (Wildman–Crippen LogP) is 4.68. The Morgan fingerprint density at radius 2 is 1.70 bits per heavy atom. The number of carbonyl (C=O) groups is 1. The summed E-state index contributed by atoms with van der Waals surface area (Å²) in [6, 6.07) is 21.0. The van der Waals surface area contributed by atoms with Crippen molar-refractivity contribution in [2.24, 2.45) is 5.92 Å². The van der Waals surface area contributed by atoms with Crippen molar-refractivity contribution in [2.75, 3.05) is 13.1 Å². The van der Waals surface area contributed by atoms with Crippen LogP contribution in [0.2, 0.25) is 0 Å². The second-order valence-corrected chi connectivity index (χ2v) is 7.80. The van der Waals surface area contributed by atoms with Crippen LogP contribution in [0.5, 0.6) is 0 Å². The van der Waals surface area contributed by atoms with Crippen molar-refractivity contribution in [3.05, 3.63) is 83.6 Å². The minimum atomic E-state index is 0.179. The highest BCUT2D eigenvalue weighted by molar-refractivity contribution is 6.05. The zero-order chi connectivity index (χ0) is 18.2. The van der Waals surface area contributed by atoms with E-state index in [4.69, 9.17) is 0 Å². The van der Waals surface area contributed by atoms with Crippen LogP contribution in [-0.4, -0.2) is 28.5 Å². The predicted molar refractivity (Wildman–Crippen MR) is 109 cm³/mol. The van der Waals surface area contributed by atoms with E-state index < -0.39 is 0 Å². The summed E-state index contributed by atoms with van der Waals surface area (Å²) in [5.74, 6) is 0.699. The van der Waals surface area contributed by atoms with Gasteiger partial charge in [-0.25, -0.2) is 0 Å². The topological polar surface area (TPSA) is 25.2 Å². The fraction of sp³-hybridized carbons (Fsp3) is 0.292. The molecule has 0 amide bonds. The molecular weight excluding hydrogens is 332 g/mol. The molecule has 0 unspecified atom stereocenters. The molecule has 0 radical (unpaired) electrons. The summed E-state index contributed by atoms with van der Waals surface area (Å²) in [7, 11) is 0. The molecule has 2 aliphatic rings. The first-order chi connectivity index (χ1) is 13.3. The lowest BCUT2D eigenvalue weighted by Gasteiger charge is -2.30. The molecule has 27 heavy (non-hydrogen) atoms. The first-order valence-corrected chi connectivity index (χ1v) is 9.89. The van der Waals surface area contributed by atoms with Gasteiger partial charge in [0.1, 0.15) is 0 Å². The van der Waals surface area contributed by atoms with Crippen molar-refractivity contribution in [1.29, 1.82) is 0 Å². The molecular formula is C24H24N2O. The first kappa shape index (κ1) is 16.5. The highest BCUT2D eigenvalue weighted by Crippen LogP contribution is 2.31. The Kier molecular flexibility index (Phi) is 4.17. The molecule has 3 heterocycles. The molecule has 136 valence electrons. The summed E-state index contributed by atoms with van der Waals surface area (Å²) in [5.41, 5.74) is 4.54. The van der Waals surface area contributed by atoms with Crippen LogP contribution in [-0.2, 0) is 13.0 Å². The molecule has 1 aromatic heterocycles. The van der Waals surface area contributed by atoms with Crippen LogP contribution in [0.4, 0.5) is 0 Å². The third-order valence-corrected chi connectivity index (χ3v) is 5.95. The van der Waals surface area contributed by atoms with Gasteiger partial charge in [0, 0.05) is 29.6 Å². The number of fused-ring (bicyclic) bond motifs is 3. The summed E-state index contributed by atoms with van der Waals surface area (Å²) in [4.78, 5) is 15.5. The van der Waals surface area contributed by atoms with Gasteiger partial charge in [-0.1, -0.05) is 54.6 Å². The summed E-state index contributed by atoms with van der Waals surface area (Å²) in [6.07, 6.45) is 5.32. The summed E-state index contributed by atoms with van der Waals surface area (Å²) < 4.78 is 1.91. The number of allylic oxidation sites excluding steroid dienone is 2. The van der Waals surface area contributed by atoms with Gasteiger partial charge in [0.15, 0.2) is 0 Å². The summed E-state index contributed by atoms with van der Waals surface area (Å²) >= 11 is 0. The number of aromatic nitrogens is 1. The smallest absolute Gasteiger partial charge is 0.258 e. The average molecular weight is 356 g/mol. The van der Waals surface area contributed by atoms with E-state index in [9.17, 15) is 4.79 Å². The maximum atomic E-state index is 12.9. The van der Waals surface area contributed by atoms with Crippen molar-refractivity contribution in [3.63, 3.8) is 0 Å². The van der Waals surface area contributed by atoms with Crippen molar-refractivity contribution in [2.45, 2.75) is 25.8 Å². The Morgan fingerprint density at radius 3 is 2.52 bits per heavy atom. The van der Waals surface area contributed by atoms with E-state index in [1.54, 1.807) is 0 Å². The quantitative estimate of drug-likeness (QED) is 0.637. The van der Waals surface area contributed by atoms with Gasteiger partial charge < -0.3 is 0 Å². The third kappa shape index (κ3) is 3.13. The second kappa shape index (κ2) is 6.82. The molecule has 5 rings (SSSR count). The van der Waals surface area contributed by atoms with Crippen LogP contribution in [0.1, 0.15) is 28.9 Å². The fourth-order valence-electron chi connectivity index (χ4n) is 4.53. The minimum absolute atomic E-state index is 0.179. The fourth-order valence-corrected chi connectivity index (χ4v) is 4.53. The number of carbonyl (C=O) groups excluding carboxylic acids is 1. The minimum Gasteiger partial charge on any atom is -0.299 e. The van der Waals surface area contributed by atoms with E-state index >= 15 is 0 Å². The number of hydrogen-bond donors (Lipinski definition) is 0. The molecule has 0 saturated carbocycles. The van der Waals surface area contributed by atoms with Gasteiger partial charge in [0.25, 0.3) is 5.91 Å². The number of piperidine rings is 1. The summed E-state index contributed by atoms with van der Waals surface area (Å²) in [5, 5.41) is 1.16. The molecule has 3 aromatic rings. The van der Waals surface area contributed by atoms with Crippen LogP contribution in [0.25, 0.3) is 10.9 Å². The molecule has 0 aliphatic carbocycles. The lowest BCUT2D eigenvalue weighted by molar-refractivity contribution is 0.0968.